The van der Waals surface area contributed by atoms with Crippen molar-refractivity contribution in [3.05, 3.63) is 0 Å². The zero-order valence-electron chi connectivity index (χ0n) is 13.1. The molecule has 1 fully saturated rings. The minimum Gasteiger partial charge on any atom is -0.477 e. The van der Waals surface area contributed by atoms with E-state index in [4.69, 9.17) is 9.84 Å². The number of carbonyl (C=O) groups excluding carboxylic acids is 2. The fourth-order valence-corrected chi connectivity index (χ4v) is 2.33. The second-order valence-corrected chi connectivity index (χ2v) is 5.53. The lowest BCUT2D eigenvalue weighted by molar-refractivity contribution is -0.295. The summed E-state index contributed by atoms with van der Waals surface area (Å²) in [6.45, 7) is 1.55. The van der Waals surface area contributed by atoms with E-state index < -0.39 is 67.1 Å². The number of aliphatic hydroxyl groups is 4. The number of carboxylic acid groups (broad SMARTS) is 1. The number of carboxylic acids is 1. The monoisotopic (exact) mass is 351 g/mol. The SMILES string of the molecule is CC(=O)N[C@@H]1C(O)C[C@@](O)(C(=O)O)OC1[C@H](O)[C@H](O)COC(C)=O. The van der Waals surface area contributed by atoms with Crippen molar-refractivity contribution in [3.8, 4) is 0 Å². The summed E-state index contributed by atoms with van der Waals surface area (Å²) >= 11 is 0. The molecule has 1 rings (SSSR count). The molecule has 11 heteroatoms. The Morgan fingerprint density at radius 3 is 2.38 bits per heavy atom. The van der Waals surface area contributed by atoms with Gasteiger partial charge in [-0.25, -0.2) is 4.79 Å². The number of amides is 1. The summed E-state index contributed by atoms with van der Waals surface area (Å²) in [5.74, 6) is -5.97. The first-order valence-electron chi connectivity index (χ1n) is 7.06. The Balaban J connectivity index is 3.01. The van der Waals surface area contributed by atoms with Crippen molar-refractivity contribution in [2.24, 2.45) is 0 Å². The first-order chi connectivity index (χ1) is 11.0. The van der Waals surface area contributed by atoms with Crippen molar-refractivity contribution in [3.63, 3.8) is 0 Å². The van der Waals surface area contributed by atoms with E-state index in [9.17, 15) is 34.8 Å². The summed E-state index contributed by atoms with van der Waals surface area (Å²) in [6, 6.07) is -1.30. The van der Waals surface area contributed by atoms with Gasteiger partial charge in [-0.05, 0) is 0 Å². The molecule has 0 aromatic carbocycles. The number of aliphatic hydroxyl groups excluding tert-OH is 3. The Bertz CT molecular complexity index is 497. The van der Waals surface area contributed by atoms with Crippen LogP contribution in [0.25, 0.3) is 0 Å². The van der Waals surface area contributed by atoms with Crippen LogP contribution in [-0.4, -0.2) is 86.2 Å². The van der Waals surface area contributed by atoms with E-state index in [1.807, 2.05) is 0 Å². The lowest BCUT2D eigenvalue weighted by atomic mass is 9.88. The average molecular weight is 351 g/mol. The fourth-order valence-electron chi connectivity index (χ4n) is 2.33. The largest absolute Gasteiger partial charge is 0.477 e. The molecule has 6 atom stereocenters. The van der Waals surface area contributed by atoms with E-state index in [1.165, 1.54) is 0 Å². The molecule has 6 N–H and O–H groups in total. The van der Waals surface area contributed by atoms with Crippen LogP contribution in [0, 0.1) is 0 Å². The van der Waals surface area contributed by atoms with Crippen LogP contribution in [-0.2, 0) is 23.9 Å². The van der Waals surface area contributed by atoms with Crippen LogP contribution in [0.1, 0.15) is 20.3 Å². The molecule has 1 saturated heterocycles. The first kappa shape index (κ1) is 20.3. The minimum absolute atomic E-state index is 0.616. The predicted molar refractivity (Wildman–Crippen MR) is 74.3 cm³/mol. The van der Waals surface area contributed by atoms with Crippen LogP contribution in [0.15, 0.2) is 0 Å². The van der Waals surface area contributed by atoms with Gasteiger partial charge in [0, 0.05) is 20.3 Å². The average Bonchev–Trinajstić information content (AvgIpc) is 2.46. The third-order valence-corrected chi connectivity index (χ3v) is 3.48. The molecule has 1 aliphatic rings. The van der Waals surface area contributed by atoms with Crippen molar-refractivity contribution in [2.45, 2.75) is 56.5 Å². The van der Waals surface area contributed by atoms with Gasteiger partial charge in [-0.1, -0.05) is 0 Å². The number of nitrogens with one attached hydrogen (secondary N) is 1. The Kier molecular flexibility index (Phi) is 6.63. The van der Waals surface area contributed by atoms with Crippen molar-refractivity contribution in [1.82, 2.24) is 5.32 Å². The van der Waals surface area contributed by atoms with Crippen LogP contribution in [0.4, 0.5) is 0 Å². The number of aliphatic carboxylic acids is 1. The van der Waals surface area contributed by atoms with Crippen LogP contribution < -0.4 is 5.32 Å². The summed E-state index contributed by atoms with van der Waals surface area (Å²) < 4.78 is 9.46. The number of ether oxygens (including phenoxy) is 2. The zero-order valence-corrected chi connectivity index (χ0v) is 13.1. The molecule has 24 heavy (non-hydrogen) atoms. The maximum atomic E-state index is 11.2. The summed E-state index contributed by atoms with van der Waals surface area (Å²) in [4.78, 5) is 33.1. The van der Waals surface area contributed by atoms with E-state index in [1.54, 1.807) is 0 Å². The Hall–Kier alpha value is -1.79. The van der Waals surface area contributed by atoms with Gasteiger partial charge in [-0.3, -0.25) is 9.59 Å². The Morgan fingerprint density at radius 2 is 1.92 bits per heavy atom. The molecule has 1 aliphatic heterocycles. The van der Waals surface area contributed by atoms with Gasteiger partial charge in [0.15, 0.2) is 0 Å². The molecular formula is C13H21NO10. The second kappa shape index (κ2) is 7.85. The molecule has 138 valence electrons. The maximum Gasteiger partial charge on any atom is 0.364 e. The first-order valence-corrected chi connectivity index (χ1v) is 7.06. The standard InChI is InChI=1S/C13H21NO10/c1-5(15)14-9-7(17)3-13(22,12(20)21)24-11(9)10(19)8(18)4-23-6(2)16/h7-11,17-19,22H,3-4H2,1-2H3,(H,14,15)(H,20,21)/t7?,8-,9-,10-,11?,13+/m1/s1. The second-order valence-electron chi connectivity index (χ2n) is 5.53. The Morgan fingerprint density at radius 1 is 1.33 bits per heavy atom. The number of esters is 1. The van der Waals surface area contributed by atoms with Crippen molar-refractivity contribution >= 4 is 17.8 Å². The summed E-state index contributed by atoms with van der Waals surface area (Å²) in [5.41, 5.74) is 0. The van der Waals surface area contributed by atoms with Crippen molar-refractivity contribution < 1.29 is 49.4 Å². The lowest BCUT2D eigenvalue weighted by Crippen LogP contribution is -2.67. The normalized spacial score (nSPS) is 32.5. The highest BCUT2D eigenvalue weighted by Crippen LogP contribution is 2.30. The van der Waals surface area contributed by atoms with E-state index in [0.29, 0.717) is 0 Å². The molecule has 0 bridgehead atoms. The molecule has 1 heterocycles. The van der Waals surface area contributed by atoms with Gasteiger partial charge in [0.05, 0.1) is 12.1 Å². The Labute approximate surface area is 136 Å². The molecule has 0 aromatic rings. The molecule has 2 unspecified atom stereocenters. The molecule has 0 saturated carbocycles. The van der Waals surface area contributed by atoms with Gasteiger partial charge in [0.2, 0.25) is 5.91 Å². The lowest BCUT2D eigenvalue weighted by Gasteiger charge is -2.44. The number of rotatable bonds is 6. The van der Waals surface area contributed by atoms with Gasteiger partial charge in [-0.15, -0.1) is 0 Å². The minimum atomic E-state index is -2.82. The smallest absolute Gasteiger partial charge is 0.364 e. The topological polar surface area (TPSA) is 183 Å². The van der Waals surface area contributed by atoms with E-state index in [0.717, 1.165) is 13.8 Å². The van der Waals surface area contributed by atoms with Gasteiger partial charge in [0.1, 0.15) is 24.9 Å². The number of hydrogen-bond donors (Lipinski definition) is 6. The third-order valence-electron chi connectivity index (χ3n) is 3.48. The zero-order chi connectivity index (χ0) is 18.7. The van der Waals surface area contributed by atoms with Crippen LogP contribution in [0.2, 0.25) is 0 Å². The number of hydrogen-bond acceptors (Lipinski definition) is 9. The maximum absolute atomic E-state index is 11.2. The van der Waals surface area contributed by atoms with Gasteiger partial charge in [-0.2, -0.15) is 0 Å². The van der Waals surface area contributed by atoms with Crippen LogP contribution >= 0.6 is 0 Å². The van der Waals surface area contributed by atoms with Gasteiger partial charge >= 0.3 is 11.9 Å². The van der Waals surface area contributed by atoms with Crippen LogP contribution in [0.5, 0.6) is 0 Å². The molecule has 1 amide bonds. The van der Waals surface area contributed by atoms with E-state index in [-0.39, 0.29) is 0 Å². The van der Waals surface area contributed by atoms with Crippen molar-refractivity contribution in [2.75, 3.05) is 6.61 Å². The quantitative estimate of drug-likeness (QED) is 0.265. The van der Waals surface area contributed by atoms with E-state index >= 15 is 0 Å². The highest BCUT2D eigenvalue weighted by molar-refractivity contribution is 5.76. The summed E-state index contributed by atoms with van der Waals surface area (Å²) in [6.07, 6.45) is -7.61. The molecule has 0 aliphatic carbocycles. The third kappa shape index (κ3) is 4.85. The van der Waals surface area contributed by atoms with E-state index in [2.05, 4.69) is 10.1 Å². The molecular weight excluding hydrogens is 330 g/mol. The molecule has 0 radical (unpaired) electrons. The molecule has 0 spiro atoms. The highest BCUT2D eigenvalue weighted by Gasteiger charge is 2.53. The van der Waals surface area contributed by atoms with Gasteiger partial charge < -0.3 is 40.3 Å². The molecule has 0 aromatic heterocycles. The summed E-state index contributed by atoms with van der Waals surface area (Å²) in [7, 11) is 0. The number of carbonyl (C=O) groups is 3. The fraction of sp³-hybridized carbons (Fsp3) is 0.769. The summed E-state index contributed by atoms with van der Waals surface area (Å²) in [5, 5.41) is 51.2. The highest BCUT2D eigenvalue weighted by atomic mass is 16.7. The molecule has 11 nitrogen and oxygen atoms in total. The van der Waals surface area contributed by atoms with Crippen LogP contribution in [0.3, 0.4) is 0 Å². The van der Waals surface area contributed by atoms with Gasteiger partial charge in [0.25, 0.3) is 5.79 Å². The predicted octanol–water partition coefficient (Wildman–Crippen LogP) is -3.30. The van der Waals surface area contributed by atoms with Crippen molar-refractivity contribution in [1.29, 1.82) is 0 Å².